The molecule has 1 aromatic rings. The SMILES string of the molecule is O=C(OCc1ccccc1)N1C(=O)[C@@H](CBr)[C@@H]1C1CCC(F)(F)CC1. The van der Waals surface area contributed by atoms with Crippen LogP contribution >= 0.6 is 15.9 Å². The Bertz CT molecular complexity index is 630. The molecule has 25 heavy (non-hydrogen) atoms. The molecule has 0 aromatic heterocycles. The maximum absolute atomic E-state index is 13.4. The number of benzene rings is 1. The summed E-state index contributed by atoms with van der Waals surface area (Å²) in [5.41, 5.74) is 0.828. The number of carbonyl (C=O) groups is 2. The first-order valence-electron chi connectivity index (χ1n) is 8.40. The van der Waals surface area contributed by atoms with E-state index in [1.807, 2.05) is 30.3 Å². The van der Waals surface area contributed by atoms with Crippen molar-refractivity contribution >= 4 is 27.9 Å². The van der Waals surface area contributed by atoms with Crippen LogP contribution in [-0.4, -0.2) is 34.2 Å². The molecule has 3 rings (SSSR count). The highest BCUT2D eigenvalue weighted by molar-refractivity contribution is 9.09. The highest BCUT2D eigenvalue weighted by atomic mass is 79.9. The van der Waals surface area contributed by atoms with E-state index in [4.69, 9.17) is 4.74 Å². The van der Waals surface area contributed by atoms with E-state index in [0.29, 0.717) is 18.2 Å². The van der Waals surface area contributed by atoms with E-state index < -0.39 is 12.0 Å². The fourth-order valence-electron chi connectivity index (χ4n) is 3.67. The molecule has 0 spiro atoms. The van der Waals surface area contributed by atoms with E-state index in [9.17, 15) is 18.4 Å². The summed E-state index contributed by atoms with van der Waals surface area (Å²) in [4.78, 5) is 25.8. The van der Waals surface area contributed by atoms with E-state index in [1.54, 1.807) is 0 Å². The van der Waals surface area contributed by atoms with Gasteiger partial charge in [-0.05, 0) is 24.3 Å². The molecule has 2 aliphatic rings. The number of hydrogen-bond acceptors (Lipinski definition) is 3. The summed E-state index contributed by atoms with van der Waals surface area (Å²) in [7, 11) is 0. The zero-order chi connectivity index (χ0) is 18.0. The van der Waals surface area contributed by atoms with Crippen molar-refractivity contribution in [2.45, 2.75) is 44.3 Å². The number of carbonyl (C=O) groups excluding carboxylic acids is 2. The molecular weight excluding hydrogens is 396 g/mol. The van der Waals surface area contributed by atoms with E-state index in [1.165, 1.54) is 0 Å². The van der Waals surface area contributed by atoms with Crippen LogP contribution < -0.4 is 0 Å². The molecule has 0 radical (unpaired) electrons. The third-order valence-corrected chi connectivity index (χ3v) is 5.78. The van der Waals surface area contributed by atoms with Gasteiger partial charge in [0.1, 0.15) is 6.61 Å². The number of likely N-dealkylation sites (tertiary alicyclic amines) is 1. The van der Waals surface area contributed by atoms with Crippen molar-refractivity contribution in [3.63, 3.8) is 0 Å². The zero-order valence-electron chi connectivity index (χ0n) is 13.7. The fraction of sp³-hybridized carbons (Fsp3) is 0.556. The third kappa shape index (κ3) is 3.86. The van der Waals surface area contributed by atoms with E-state index in [2.05, 4.69) is 15.9 Å². The molecule has 0 bridgehead atoms. The first-order valence-corrected chi connectivity index (χ1v) is 9.52. The fourth-order valence-corrected chi connectivity index (χ4v) is 4.33. The molecule has 1 saturated heterocycles. The number of alkyl halides is 3. The first kappa shape index (κ1) is 18.3. The predicted octanol–water partition coefficient (Wildman–Crippen LogP) is 4.37. The van der Waals surface area contributed by atoms with Crippen LogP contribution in [0.15, 0.2) is 30.3 Å². The Balaban J connectivity index is 1.64. The van der Waals surface area contributed by atoms with Gasteiger partial charge in [-0.3, -0.25) is 4.79 Å². The Kier molecular flexibility index (Phi) is 5.41. The summed E-state index contributed by atoms with van der Waals surface area (Å²) in [5, 5.41) is 0.422. The highest BCUT2D eigenvalue weighted by Gasteiger charge is 2.55. The number of nitrogens with zero attached hydrogens (tertiary/aromatic N) is 1. The second kappa shape index (κ2) is 7.40. The standard InChI is InChI=1S/C18H20BrF2NO3/c19-10-14-15(13-6-8-18(20,21)9-7-13)22(16(14)23)17(24)25-11-12-4-2-1-3-5-12/h1-5,13-15H,6-11H2/t14-,15-/m0/s1. The minimum atomic E-state index is -2.63. The average molecular weight is 416 g/mol. The molecule has 1 saturated carbocycles. The van der Waals surface area contributed by atoms with E-state index in [0.717, 1.165) is 10.5 Å². The summed E-state index contributed by atoms with van der Waals surface area (Å²) in [6.45, 7) is 0.0812. The van der Waals surface area contributed by atoms with Gasteiger partial charge in [0.05, 0.1) is 12.0 Å². The topological polar surface area (TPSA) is 46.6 Å². The maximum Gasteiger partial charge on any atom is 0.417 e. The minimum absolute atomic E-state index is 0.0812. The largest absolute Gasteiger partial charge is 0.444 e. The number of imide groups is 1. The van der Waals surface area contributed by atoms with Crippen molar-refractivity contribution < 1.29 is 23.1 Å². The molecule has 1 aliphatic carbocycles. The molecule has 4 nitrogen and oxygen atoms in total. The average Bonchev–Trinajstić information content (AvgIpc) is 2.60. The van der Waals surface area contributed by atoms with Crippen LogP contribution in [-0.2, 0) is 16.1 Å². The molecule has 7 heteroatoms. The van der Waals surface area contributed by atoms with Gasteiger partial charge in [0.15, 0.2) is 0 Å². The van der Waals surface area contributed by atoms with Gasteiger partial charge in [-0.15, -0.1) is 0 Å². The normalized spacial score (nSPS) is 26.2. The lowest BCUT2D eigenvalue weighted by Crippen LogP contribution is -2.66. The van der Waals surface area contributed by atoms with Crippen molar-refractivity contribution in [3.05, 3.63) is 35.9 Å². The van der Waals surface area contributed by atoms with Crippen LogP contribution in [0.1, 0.15) is 31.2 Å². The van der Waals surface area contributed by atoms with Crippen molar-refractivity contribution in [2.24, 2.45) is 11.8 Å². The molecule has 1 heterocycles. The lowest BCUT2D eigenvalue weighted by Gasteiger charge is -2.49. The number of ether oxygens (including phenoxy) is 1. The van der Waals surface area contributed by atoms with Crippen molar-refractivity contribution in [1.29, 1.82) is 0 Å². The number of halogens is 3. The Morgan fingerprint density at radius 2 is 1.88 bits per heavy atom. The molecule has 136 valence electrons. The molecule has 1 aromatic carbocycles. The number of hydrogen-bond donors (Lipinski definition) is 0. The van der Waals surface area contributed by atoms with Crippen molar-refractivity contribution in [3.8, 4) is 0 Å². The molecule has 1 aliphatic heterocycles. The van der Waals surface area contributed by atoms with E-state index in [-0.39, 0.29) is 43.2 Å². The van der Waals surface area contributed by atoms with Crippen LogP contribution in [0, 0.1) is 11.8 Å². The van der Waals surface area contributed by atoms with Crippen LogP contribution in [0.3, 0.4) is 0 Å². The first-order chi connectivity index (χ1) is 11.9. The van der Waals surface area contributed by atoms with E-state index >= 15 is 0 Å². The molecule has 2 fully saturated rings. The van der Waals surface area contributed by atoms with Gasteiger partial charge in [0.25, 0.3) is 0 Å². The van der Waals surface area contributed by atoms with Crippen molar-refractivity contribution in [2.75, 3.05) is 5.33 Å². The monoisotopic (exact) mass is 415 g/mol. The van der Waals surface area contributed by atoms with Crippen LogP contribution in [0.5, 0.6) is 0 Å². The van der Waals surface area contributed by atoms with Crippen LogP contribution in [0.2, 0.25) is 0 Å². The van der Waals surface area contributed by atoms with Gasteiger partial charge >= 0.3 is 6.09 Å². The van der Waals surface area contributed by atoms with Gasteiger partial charge < -0.3 is 4.74 Å². The molecular formula is C18H20BrF2NO3. The number of rotatable bonds is 4. The van der Waals surface area contributed by atoms with Crippen LogP contribution in [0.25, 0.3) is 0 Å². The summed E-state index contributed by atoms with van der Waals surface area (Å²) in [5.74, 6) is -3.37. The van der Waals surface area contributed by atoms with Gasteiger partial charge in [0.2, 0.25) is 11.8 Å². The second-order valence-corrected chi connectivity index (χ2v) is 7.34. The van der Waals surface area contributed by atoms with Crippen LogP contribution in [0.4, 0.5) is 13.6 Å². The number of amides is 2. The Morgan fingerprint density at radius 3 is 2.48 bits per heavy atom. The molecule has 2 amide bonds. The van der Waals surface area contributed by atoms with Gasteiger partial charge in [-0.2, -0.15) is 0 Å². The smallest absolute Gasteiger partial charge is 0.417 e. The maximum atomic E-state index is 13.4. The third-order valence-electron chi connectivity index (χ3n) is 5.08. The van der Waals surface area contributed by atoms with Gasteiger partial charge in [-0.1, -0.05) is 46.3 Å². The predicted molar refractivity (Wildman–Crippen MR) is 91.5 cm³/mol. The molecule has 0 unspecified atom stereocenters. The Hall–Kier alpha value is -1.50. The van der Waals surface area contributed by atoms with Gasteiger partial charge in [-0.25, -0.2) is 18.5 Å². The summed E-state index contributed by atoms with van der Waals surface area (Å²) < 4.78 is 32.1. The zero-order valence-corrected chi connectivity index (χ0v) is 15.3. The lowest BCUT2D eigenvalue weighted by atomic mass is 9.73. The Labute approximate surface area is 153 Å². The Morgan fingerprint density at radius 1 is 1.24 bits per heavy atom. The summed E-state index contributed by atoms with van der Waals surface area (Å²) in [6, 6.07) is 8.83. The lowest BCUT2D eigenvalue weighted by molar-refractivity contribution is -0.157. The number of β-lactam (4-membered cyclic amide) rings is 1. The quantitative estimate of drug-likeness (QED) is 0.541. The molecule has 2 atom stereocenters. The van der Waals surface area contributed by atoms with Crippen molar-refractivity contribution in [1.82, 2.24) is 4.90 Å². The summed E-state index contributed by atoms with van der Waals surface area (Å²) in [6.07, 6.45) is -0.434. The minimum Gasteiger partial charge on any atom is -0.444 e. The van der Waals surface area contributed by atoms with Gasteiger partial charge in [0, 0.05) is 18.2 Å². The molecule has 0 N–H and O–H groups in total. The second-order valence-electron chi connectivity index (χ2n) is 6.69. The summed E-state index contributed by atoms with van der Waals surface area (Å²) >= 11 is 3.30. The highest BCUT2D eigenvalue weighted by Crippen LogP contribution is 2.44.